The third kappa shape index (κ3) is 5.94. The molecule has 0 aliphatic rings. The van der Waals surface area contributed by atoms with E-state index >= 15 is 0 Å². The zero-order valence-corrected chi connectivity index (χ0v) is 12.7. The van der Waals surface area contributed by atoms with Gasteiger partial charge in [-0.3, -0.25) is 0 Å². The first-order chi connectivity index (χ1) is 8.30. The molecule has 0 aliphatic heterocycles. The van der Waals surface area contributed by atoms with Crippen LogP contribution in [-0.4, -0.2) is 13.2 Å². The van der Waals surface area contributed by atoms with Crippen LogP contribution in [0.2, 0.25) is 0 Å². The summed E-state index contributed by atoms with van der Waals surface area (Å²) in [6.07, 6.45) is 0. The monoisotopic (exact) mass is 320 g/mol. The van der Waals surface area contributed by atoms with E-state index in [1.54, 1.807) is 0 Å². The quantitative estimate of drug-likeness (QED) is 0.525. The van der Waals surface area contributed by atoms with Crippen LogP contribution in [0, 0.1) is 0 Å². The Morgan fingerprint density at radius 1 is 0.941 bits per heavy atom. The molecule has 0 aromatic heterocycles. The first kappa shape index (κ1) is 15.1. The number of hydrogen-bond donors (Lipinski definition) is 0. The maximum absolute atomic E-state index is 5.59. The highest BCUT2D eigenvalue weighted by Gasteiger charge is 2.10. The number of hydrogen-bond acceptors (Lipinski definition) is 3. The van der Waals surface area contributed by atoms with Crippen LogP contribution >= 0.6 is 24.5 Å². The van der Waals surface area contributed by atoms with E-state index in [9.17, 15) is 0 Å². The molecule has 1 aromatic carbocycles. The molecule has 1 aromatic rings. The van der Waals surface area contributed by atoms with Crippen molar-refractivity contribution >= 4 is 24.5 Å². The molecular formula is C12H18BrO3P. The Labute approximate surface area is 113 Å². The summed E-state index contributed by atoms with van der Waals surface area (Å²) >= 11 is 3.42. The second-order valence-corrected chi connectivity index (χ2v) is 5.07. The number of rotatable bonds is 8. The molecule has 5 heteroatoms. The summed E-state index contributed by atoms with van der Waals surface area (Å²) in [6.45, 7) is 5.60. The van der Waals surface area contributed by atoms with Gasteiger partial charge in [-0.1, -0.05) is 40.2 Å². The second kappa shape index (κ2) is 9.01. The van der Waals surface area contributed by atoms with E-state index in [-0.39, 0.29) is 0 Å². The maximum Gasteiger partial charge on any atom is 0.332 e. The van der Waals surface area contributed by atoms with Gasteiger partial charge in [0.15, 0.2) is 0 Å². The van der Waals surface area contributed by atoms with E-state index < -0.39 is 8.60 Å². The first-order valence-corrected chi connectivity index (χ1v) is 7.84. The van der Waals surface area contributed by atoms with Crippen molar-refractivity contribution in [3.05, 3.63) is 35.4 Å². The van der Waals surface area contributed by atoms with E-state index in [0.717, 1.165) is 10.9 Å². The molecule has 0 heterocycles. The van der Waals surface area contributed by atoms with E-state index in [2.05, 4.69) is 40.2 Å². The average Bonchev–Trinajstić information content (AvgIpc) is 2.37. The van der Waals surface area contributed by atoms with Gasteiger partial charge in [0.2, 0.25) is 0 Å². The SMILES string of the molecule is CCOP(OCC)OCc1ccc(CBr)cc1. The number of benzene rings is 1. The van der Waals surface area contributed by atoms with Gasteiger partial charge in [-0.15, -0.1) is 0 Å². The van der Waals surface area contributed by atoms with E-state index in [0.29, 0.717) is 19.8 Å². The molecule has 0 amide bonds. The van der Waals surface area contributed by atoms with Crippen molar-refractivity contribution in [3.8, 4) is 0 Å². The predicted molar refractivity (Wildman–Crippen MR) is 74.0 cm³/mol. The molecule has 96 valence electrons. The predicted octanol–water partition coefficient (Wildman–Crippen LogP) is 4.40. The summed E-state index contributed by atoms with van der Waals surface area (Å²) in [5, 5.41) is 0.874. The average molecular weight is 321 g/mol. The van der Waals surface area contributed by atoms with Crippen LogP contribution in [0.1, 0.15) is 25.0 Å². The van der Waals surface area contributed by atoms with Crippen molar-refractivity contribution < 1.29 is 13.6 Å². The van der Waals surface area contributed by atoms with Crippen LogP contribution < -0.4 is 0 Å². The number of halogens is 1. The lowest BCUT2D eigenvalue weighted by molar-refractivity contribution is 0.164. The Morgan fingerprint density at radius 3 is 1.94 bits per heavy atom. The highest BCUT2D eigenvalue weighted by atomic mass is 79.9. The number of alkyl halides is 1. The van der Waals surface area contributed by atoms with Crippen molar-refractivity contribution in [2.24, 2.45) is 0 Å². The van der Waals surface area contributed by atoms with Crippen molar-refractivity contribution in [1.29, 1.82) is 0 Å². The molecule has 0 unspecified atom stereocenters. The molecule has 17 heavy (non-hydrogen) atoms. The molecule has 0 N–H and O–H groups in total. The molecule has 1 rings (SSSR count). The fourth-order valence-corrected chi connectivity index (χ4v) is 2.45. The van der Waals surface area contributed by atoms with E-state index in [1.165, 1.54) is 5.56 Å². The first-order valence-electron chi connectivity index (χ1n) is 5.62. The van der Waals surface area contributed by atoms with Crippen LogP contribution in [0.3, 0.4) is 0 Å². The van der Waals surface area contributed by atoms with Crippen molar-refractivity contribution in [2.75, 3.05) is 13.2 Å². The Bertz CT molecular complexity index is 299. The minimum Gasteiger partial charge on any atom is -0.313 e. The van der Waals surface area contributed by atoms with Gasteiger partial charge >= 0.3 is 8.60 Å². The van der Waals surface area contributed by atoms with Gasteiger partial charge in [-0.25, -0.2) is 0 Å². The molecule has 0 fully saturated rings. The van der Waals surface area contributed by atoms with Crippen molar-refractivity contribution in [1.82, 2.24) is 0 Å². The zero-order valence-electron chi connectivity index (χ0n) is 10.2. The Balaban J connectivity index is 2.41. The molecule has 0 saturated carbocycles. The lowest BCUT2D eigenvalue weighted by Gasteiger charge is -2.14. The lowest BCUT2D eigenvalue weighted by atomic mass is 10.2. The summed E-state index contributed by atoms with van der Waals surface area (Å²) in [5.41, 5.74) is 2.38. The molecule has 0 saturated heterocycles. The third-order valence-electron chi connectivity index (χ3n) is 1.98. The minimum absolute atomic E-state index is 0.522. The Hall–Kier alpha value is 0.0100. The molecule has 0 spiro atoms. The summed E-state index contributed by atoms with van der Waals surface area (Å²) in [6, 6.07) is 8.28. The highest BCUT2D eigenvalue weighted by Crippen LogP contribution is 2.40. The summed E-state index contributed by atoms with van der Waals surface area (Å²) in [5.74, 6) is 0. The topological polar surface area (TPSA) is 27.7 Å². The summed E-state index contributed by atoms with van der Waals surface area (Å²) in [4.78, 5) is 0. The van der Waals surface area contributed by atoms with Gasteiger partial charge in [0.05, 0.1) is 19.8 Å². The molecule has 3 nitrogen and oxygen atoms in total. The van der Waals surface area contributed by atoms with Gasteiger partial charge < -0.3 is 13.6 Å². The Morgan fingerprint density at radius 2 is 1.47 bits per heavy atom. The fourth-order valence-electron chi connectivity index (χ4n) is 1.17. The fraction of sp³-hybridized carbons (Fsp3) is 0.500. The molecule has 0 aliphatic carbocycles. The van der Waals surface area contributed by atoms with Crippen molar-refractivity contribution in [2.45, 2.75) is 25.8 Å². The van der Waals surface area contributed by atoms with E-state index in [1.807, 2.05) is 13.8 Å². The second-order valence-electron chi connectivity index (χ2n) is 3.28. The van der Waals surface area contributed by atoms with Gasteiger partial charge in [-0.05, 0) is 25.0 Å². The molecule has 0 bridgehead atoms. The summed E-state index contributed by atoms with van der Waals surface area (Å²) in [7, 11) is -1.21. The van der Waals surface area contributed by atoms with Gasteiger partial charge in [0.1, 0.15) is 0 Å². The molecule has 0 atom stereocenters. The molecule has 0 radical (unpaired) electrons. The maximum atomic E-state index is 5.59. The summed E-state index contributed by atoms with van der Waals surface area (Å²) < 4.78 is 16.3. The Kier molecular flexibility index (Phi) is 7.99. The van der Waals surface area contributed by atoms with Crippen LogP contribution in [0.25, 0.3) is 0 Å². The smallest absolute Gasteiger partial charge is 0.313 e. The lowest BCUT2D eigenvalue weighted by Crippen LogP contribution is -1.96. The molecular weight excluding hydrogens is 303 g/mol. The highest BCUT2D eigenvalue weighted by molar-refractivity contribution is 9.08. The minimum atomic E-state index is -1.21. The zero-order chi connectivity index (χ0) is 12.5. The van der Waals surface area contributed by atoms with Crippen LogP contribution in [0.15, 0.2) is 24.3 Å². The van der Waals surface area contributed by atoms with Gasteiger partial charge in [0, 0.05) is 5.33 Å². The van der Waals surface area contributed by atoms with Crippen LogP contribution in [-0.2, 0) is 25.5 Å². The third-order valence-corrected chi connectivity index (χ3v) is 3.91. The normalized spacial score (nSPS) is 11.1. The van der Waals surface area contributed by atoms with E-state index in [4.69, 9.17) is 13.6 Å². The van der Waals surface area contributed by atoms with Gasteiger partial charge in [-0.2, -0.15) is 0 Å². The van der Waals surface area contributed by atoms with Gasteiger partial charge in [0.25, 0.3) is 0 Å². The van der Waals surface area contributed by atoms with Crippen molar-refractivity contribution in [3.63, 3.8) is 0 Å². The largest absolute Gasteiger partial charge is 0.332 e. The van der Waals surface area contributed by atoms with Crippen LogP contribution in [0.5, 0.6) is 0 Å². The van der Waals surface area contributed by atoms with Crippen LogP contribution in [0.4, 0.5) is 0 Å². The standard InChI is InChI=1S/C12H18BrO3P/c1-3-14-17(15-4-2)16-10-12-7-5-11(9-13)6-8-12/h5-8H,3-4,9-10H2,1-2H3.